The Balaban J connectivity index is 1.69. The highest BCUT2D eigenvalue weighted by molar-refractivity contribution is 5.95. The third-order valence-electron chi connectivity index (χ3n) is 4.66. The van der Waals surface area contributed by atoms with E-state index >= 15 is 0 Å². The van der Waals surface area contributed by atoms with Gasteiger partial charge in [0.25, 0.3) is 5.91 Å². The lowest BCUT2D eigenvalue weighted by Crippen LogP contribution is -2.28. The van der Waals surface area contributed by atoms with E-state index in [1.165, 1.54) is 18.3 Å². The number of ether oxygens (including phenoxy) is 2. The van der Waals surface area contributed by atoms with Crippen molar-refractivity contribution < 1.29 is 36.2 Å². The number of pyridine rings is 3. The molecule has 0 bridgehead atoms. The molecule has 0 saturated carbocycles. The number of hydrogen-bond donors (Lipinski definition) is 1. The molecule has 4 heterocycles. The van der Waals surface area contributed by atoms with Crippen LogP contribution in [0.3, 0.4) is 0 Å². The number of nitrogens with zero attached hydrogens (tertiary/aromatic N) is 5. The molecular weight excluding hydrogens is 491 g/mol. The first kappa shape index (κ1) is 24.6. The number of aromatic nitrogens is 5. The molecular formula is C22H15F5N6O3. The molecule has 14 heteroatoms. The largest absolute Gasteiger partial charge is 0.417 e. The highest BCUT2D eigenvalue weighted by atomic mass is 19.3. The van der Waals surface area contributed by atoms with Gasteiger partial charge in [-0.3, -0.25) is 9.78 Å². The minimum Gasteiger partial charge on any atom is -0.417 e. The van der Waals surface area contributed by atoms with Gasteiger partial charge < -0.3 is 14.8 Å². The molecule has 0 radical (unpaired) electrons. The third kappa shape index (κ3) is 5.76. The monoisotopic (exact) mass is 506 g/mol. The van der Waals surface area contributed by atoms with Crippen molar-refractivity contribution in [2.45, 2.75) is 26.2 Å². The lowest BCUT2D eigenvalue weighted by Gasteiger charge is -2.17. The summed E-state index contributed by atoms with van der Waals surface area (Å²) < 4.78 is 72.2. The summed E-state index contributed by atoms with van der Waals surface area (Å²) in [7, 11) is 0. The second-order valence-corrected chi connectivity index (χ2v) is 7.15. The van der Waals surface area contributed by atoms with Gasteiger partial charge >= 0.3 is 13.2 Å². The summed E-state index contributed by atoms with van der Waals surface area (Å²) in [6.45, 7) is -5.09. The zero-order chi connectivity index (χ0) is 25.8. The number of amides is 1. The van der Waals surface area contributed by atoms with Gasteiger partial charge in [-0.15, -0.1) is 0 Å². The smallest absolute Gasteiger partial charge is 0.388 e. The highest BCUT2D eigenvalue weighted by Gasteiger charge is 2.22. The summed E-state index contributed by atoms with van der Waals surface area (Å²) in [5.74, 6) is -3.04. The molecule has 4 aromatic rings. The van der Waals surface area contributed by atoms with E-state index < -0.39 is 42.7 Å². The maximum atomic E-state index is 13.4. The fourth-order valence-electron chi connectivity index (χ4n) is 3.18. The van der Waals surface area contributed by atoms with Gasteiger partial charge in [0.15, 0.2) is 5.65 Å². The van der Waals surface area contributed by atoms with E-state index in [-0.39, 0.29) is 28.3 Å². The molecule has 0 spiro atoms. The Morgan fingerprint density at radius 3 is 2.25 bits per heavy atom. The van der Waals surface area contributed by atoms with Crippen molar-refractivity contribution in [1.82, 2.24) is 30.2 Å². The Bertz CT molecular complexity index is 1360. The van der Waals surface area contributed by atoms with Crippen LogP contribution in [0.2, 0.25) is 0 Å². The summed E-state index contributed by atoms with van der Waals surface area (Å²) in [5, 5.41) is 2.58. The predicted molar refractivity (Wildman–Crippen MR) is 114 cm³/mol. The van der Waals surface area contributed by atoms with E-state index in [9.17, 15) is 26.7 Å². The van der Waals surface area contributed by atoms with Crippen LogP contribution >= 0.6 is 0 Å². The molecule has 4 aromatic heterocycles. The molecule has 0 aliphatic carbocycles. The molecule has 0 unspecified atom stereocenters. The Morgan fingerprint density at radius 1 is 0.944 bits per heavy atom. The number of rotatable bonds is 8. The van der Waals surface area contributed by atoms with Gasteiger partial charge in [0.1, 0.15) is 17.0 Å². The molecule has 0 fully saturated rings. The van der Waals surface area contributed by atoms with Gasteiger partial charge in [-0.2, -0.15) is 22.5 Å². The van der Waals surface area contributed by atoms with Crippen molar-refractivity contribution in [2.24, 2.45) is 0 Å². The van der Waals surface area contributed by atoms with Gasteiger partial charge in [-0.05, 0) is 31.2 Å². The molecule has 0 aromatic carbocycles. The predicted octanol–water partition coefficient (Wildman–Crippen LogP) is 4.31. The maximum absolute atomic E-state index is 13.4. The summed E-state index contributed by atoms with van der Waals surface area (Å²) in [5.41, 5.74) is 0.996. The Labute approximate surface area is 199 Å². The van der Waals surface area contributed by atoms with Gasteiger partial charge in [-0.1, -0.05) is 0 Å². The number of alkyl halides is 4. The van der Waals surface area contributed by atoms with Crippen LogP contribution in [0, 0.1) is 5.82 Å². The van der Waals surface area contributed by atoms with Crippen molar-refractivity contribution in [2.75, 3.05) is 0 Å². The summed E-state index contributed by atoms with van der Waals surface area (Å²) in [6, 6.07) is 6.62. The van der Waals surface area contributed by atoms with Crippen LogP contribution in [0.4, 0.5) is 22.0 Å². The van der Waals surface area contributed by atoms with Gasteiger partial charge in [0, 0.05) is 18.3 Å². The van der Waals surface area contributed by atoms with Crippen LogP contribution in [0.5, 0.6) is 11.8 Å². The standard InChI is InChI=1S/C22H15F5N6O3/c1-10(30-20(34)11-7-15(35-21(24)25)32-16(8-11)36-22(26)27)17-18(13-5-4-12(23)9-29-13)33-19-14(31-17)3-2-6-28-19/h2-10,21-22H,1H3,(H,30,34)/t10-/m0/s1. The fraction of sp³-hybridized carbons (Fsp3) is 0.182. The number of carbonyl (C=O) groups excluding carboxylic acids is 1. The molecule has 0 aliphatic rings. The molecule has 9 nitrogen and oxygen atoms in total. The van der Waals surface area contributed by atoms with Crippen LogP contribution in [0.15, 0.2) is 48.8 Å². The van der Waals surface area contributed by atoms with E-state index in [1.54, 1.807) is 19.1 Å². The number of halogens is 5. The zero-order valence-electron chi connectivity index (χ0n) is 18.2. The highest BCUT2D eigenvalue weighted by Crippen LogP contribution is 2.27. The molecule has 0 saturated heterocycles. The fourth-order valence-corrected chi connectivity index (χ4v) is 3.18. The SMILES string of the molecule is C[C@H](NC(=O)c1cc(OC(F)F)nc(OC(F)F)c1)c1nc2cccnc2nc1-c1ccc(F)cn1. The molecule has 186 valence electrons. The average molecular weight is 506 g/mol. The van der Waals surface area contributed by atoms with E-state index in [4.69, 9.17) is 0 Å². The number of hydrogen-bond acceptors (Lipinski definition) is 8. The minimum atomic E-state index is -3.32. The average Bonchev–Trinajstić information content (AvgIpc) is 2.82. The second kappa shape index (κ2) is 10.4. The minimum absolute atomic E-state index is 0.201. The van der Waals surface area contributed by atoms with Crippen LogP contribution in [0.25, 0.3) is 22.6 Å². The number of carbonyl (C=O) groups is 1. The van der Waals surface area contributed by atoms with Crippen LogP contribution < -0.4 is 14.8 Å². The summed E-state index contributed by atoms with van der Waals surface area (Å²) >= 11 is 0. The molecule has 36 heavy (non-hydrogen) atoms. The second-order valence-electron chi connectivity index (χ2n) is 7.15. The molecule has 1 amide bonds. The Morgan fingerprint density at radius 2 is 1.64 bits per heavy atom. The van der Waals surface area contributed by atoms with Crippen molar-refractivity contribution >= 4 is 17.1 Å². The lowest BCUT2D eigenvalue weighted by molar-refractivity contribution is -0.0602. The van der Waals surface area contributed by atoms with E-state index in [0.717, 1.165) is 18.3 Å². The van der Waals surface area contributed by atoms with Crippen LogP contribution in [-0.2, 0) is 0 Å². The zero-order valence-corrected chi connectivity index (χ0v) is 18.2. The summed E-state index contributed by atoms with van der Waals surface area (Å²) in [4.78, 5) is 33.4. The van der Waals surface area contributed by atoms with Gasteiger partial charge in [0.2, 0.25) is 11.8 Å². The van der Waals surface area contributed by atoms with Gasteiger partial charge in [0.05, 0.1) is 29.2 Å². The third-order valence-corrected chi connectivity index (χ3v) is 4.66. The van der Waals surface area contributed by atoms with Crippen molar-refractivity contribution in [3.63, 3.8) is 0 Å². The summed E-state index contributed by atoms with van der Waals surface area (Å²) in [6.07, 6.45) is 2.49. The molecule has 4 rings (SSSR count). The number of fused-ring (bicyclic) bond motifs is 1. The Hall–Kier alpha value is -4.49. The maximum Gasteiger partial charge on any atom is 0.388 e. The van der Waals surface area contributed by atoms with E-state index in [0.29, 0.717) is 5.52 Å². The number of nitrogens with one attached hydrogen (secondary N) is 1. The first-order valence-electron chi connectivity index (χ1n) is 10.2. The van der Waals surface area contributed by atoms with Crippen molar-refractivity contribution in [3.8, 4) is 23.1 Å². The van der Waals surface area contributed by atoms with Crippen molar-refractivity contribution in [3.05, 3.63) is 65.9 Å². The quantitative estimate of drug-likeness (QED) is 0.352. The van der Waals surface area contributed by atoms with E-state index in [1.807, 2.05) is 0 Å². The molecule has 1 atom stereocenters. The Kier molecular flexibility index (Phi) is 7.12. The van der Waals surface area contributed by atoms with Crippen LogP contribution in [-0.4, -0.2) is 44.1 Å². The normalized spacial score (nSPS) is 12.1. The molecule has 1 N–H and O–H groups in total. The first-order chi connectivity index (χ1) is 17.2. The topological polar surface area (TPSA) is 112 Å². The van der Waals surface area contributed by atoms with E-state index in [2.05, 4.69) is 39.7 Å². The van der Waals surface area contributed by atoms with Crippen LogP contribution in [0.1, 0.15) is 29.0 Å². The lowest BCUT2D eigenvalue weighted by atomic mass is 10.1. The van der Waals surface area contributed by atoms with Gasteiger partial charge in [-0.25, -0.2) is 19.3 Å². The first-order valence-corrected chi connectivity index (χ1v) is 10.2. The molecule has 0 aliphatic heterocycles. The van der Waals surface area contributed by atoms with Crippen molar-refractivity contribution in [1.29, 1.82) is 0 Å².